The minimum atomic E-state index is -0.652. The van der Waals surface area contributed by atoms with Crippen molar-refractivity contribution in [3.8, 4) is 5.75 Å². The number of para-hydroxylation sites is 1. The Balaban J connectivity index is 1.61. The summed E-state index contributed by atoms with van der Waals surface area (Å²) in [6, 6.07) is 24.9. The SMILES string of the molecule is Cc1ccccc1OCC(=O)N(Cc1ccc(Br)cc1)[C@@H](Cc1ccccc1)C(=O)NC1CCCCC1. The Morgan fingerprint density at radius 3 is 2.30 bits per heavy atom. The highest BCUT2D eigenvalue weighted by molar-refractivity contribution is 9.10. The van der Waals surface area contributed by atoms with Gasteiger partial charge >= 0.3 is 0 Å². The monoisotopic (exact) mass is 562 g/mol. The van der Waals surface area contributed by atoms with Crippen LogP contribution in [-0.2, 0) is 22.6 Å². The lowest BCUT2D eigenvalue weighted by atomic mass is 9.94. The molecule has 3 aromatic carbocycles. The van der Waals surface area contributed by atoms with Crippen LogP contribution in [0.4, 0.5) is 0 Å². The number of benzene rings is 3. The summed E-state index contributed by atoms with van der Waals surface area (Å²) >= 11 is 3.49. The molecule has 1 saturated carbocycles. The second kappa shape index (κ2) is 13.4. The van der Waals surface area contributed by atoms with Crippen LogP contribution in [-0.4, -0.2) is 35.4 Å². The third-order valence-electron chi connectivity index (χ3n) is 6.93. The van der Waals surface area contributed by atoms with E-state index in [0.717, 1.165) is 46.8 Å². The molecule has 0 unspecified atom stereocenters. The van der Waals surface area contributed by atoms with Gasteiger partial charge in [-0.25, -0.2) is 0 Å². The summed E-state index contributed by atoms with van der Waals surface area (Å²) in [7, 11) is 0. The van der Waals surface area contributed by atoms with Gasteiger partial charge in [0.2, 0.25) is 5.91 Å². The Hall–Kier alpha value is -3.12. The van der Waals surface area contributed by atoms with Gasteiger partial charge in [-0.2, -0.15) is 0 Å². The summed E-state index contributed by atoms with van der Waals surface area (Å²) in [4.78, 5) is 29.2. The fourth-order valence-electron chi connectivity index (χ4n) is 4.83. The van der Waals surface area contributed by atoms with Gasteiger partial charge in [-0.15, -0.1) is 0 Å². The average Bonchev–Trinajstić information content (AvgIpc) is 2.92. The van der Waals surface area contributed by atoms with Crippen molar-refractivity contribution < 1.29 is 14.3 Å². The third-order valence-corrected chi connectivity index (χ3v) is 7.46. The predicted molar refractivity (Wildman–Crippen MR) is 150 cm³/mol. The molecule has 0 radical (unpaired) electrons. The molecule has 1 fully saturated rings. The molecule has 194 valence electrons. The molecule has 0 aliphatic heterocycles. The van der Waals surface area contributed by atoms with Gasteiger partial charge < -0.3 is 15.0 Å². The predicted octanol–water partition coefficient (Wildman–Crippen LogP) is 6.23. The van der Waals surface area contributed by atoms with Crippen LogP contribution in [0.15, 0.2) is 83.3 Å². The van der Waals surface area contributed by atoms with Crippen LogP contribution in [0.5, 0.6) is 5.75 Å². The van der Waals surface area contributed by atoms with Crippen molar-refractivity contribution in [1.29, 1.82) is 0 Å². The van der Waals surface area contributed by atoms with Gasteiger partial charge in [-0.3, -0.25) is 9.59 Å². The van der Waals surface area contributed by atoms with E-state index in [1.807, 2.05) is 85.8 Å². The molecule has 0 saturated heterocycles. The van der Waals surface area contributed by atoms with Crippen molar-refractivity contribution in [3.05, 3.63) is 100 Å². The number of aryl methyl sites for hydroxylation is 1. The molecule has 0 aromatic heterocycles. The van der Waals surface area contributed by atoms with E-state index in [1.54, 1.807) is 4.90 Å². The summed E-state index contributed by atoms with van der Waals surface area (Å²) in [5.74, 6) is 0.355. The zero-order valence-electron chi connectivity index (χ0n) is 21.4. The Labute approximate surface area is 228 Å². The first-order chi connectivity index (χ1) is 18.0. The average molecular weight is 564 g/mol. The van der Waals surface area contributed by atoms with Crippen LogP contribution in [0.1, 0.15) is 48.8 Å². The highest BCUT2D eigenvalue weighted by Crippen LogP contribution is 2.21. The van der Waals surface area contributed by atoms with Crippen LogP contribution >= 0.6 is 15.9 Å². The molecule has 3 aromatic rings. The molecule has 2 amide bonds. The van der Waals surface area contributed by atoms with Crippen molar-refractivity contribution in [1.82, 2.24) is 10.2 Å². The molecule has 6 heteroatoms. The number of carbonyl (C=O) groups is 2. The van der Waals surface area contributed by atoms with Crippen molar-refractivity contribution in [2.75, 3.05) is 6.61 Å². The first kappa shape index (κ1) is 26.9. The Bertz CT molecular complexity index is 1160. The van der Waals surface area contributed by atoms with E-state index in [9.17, 15) is 9.59 Å². The Morgan fingerprint density at radius 1 is 0.919 bits per heavy atom. The molecule has 0 heterocycles. The standard InChI is InChI=1S/C31H35BrN2O3/c1-23-10-8-9-15-29(23)37-22-30(35)34(21-25-16-18-26(32)19-17-25)28(20-24-11-4-2-5-12-24)31(36)33-27-13-6-3-7-14-27/h2,4-5,8-12,15-19,27-28H,3,6-7,13-14,20-22H2,1H3,(H,33,36)/t28-/m0/s1. The first-order valence-corrected chi connectivity index (χ1v) is 13.9. The molecule has 1 aliphatic carbocycles. The maximum absolute atomic E-state index is 13.8. The summed E-state index contributed by atoms with van der Waals surface area (Å²) in [6.07, 6.45) is 5.87. The minimum absolute atomic E-state index is 0.0999. The van der Waals surface area contributed by atoms with E-state index in [-0.39, 0.29) is 24.5 Å². The second-order valence-electron chi connectivity index (χ2n) is 9.75. The van der Waals surface area contributed by atoms with Gasteiger partial charge in [0.1, 0.15) is 11.8 Å². The number of nitrogens with one attached hydrogen (secondary N) is 1. The largest absolute Gasteiger partial charge is 0.484 e. The fourth-order valence-corrected chi connectivity index (χ4v) is 5.09. The van der Waals surface area contributed by atoms with E-state index < -0.39 is 6.04 Å². The lowest BCUT2D eigenvalue weighted by Gasteiger charge is -2.33. The number of hydrogen-bond donors (Lipinski definition) is 1. The molecule has 1 atom stereocenters. The normalized spacial score (nSPS) is 14.5. The van der Waals surface area contributed by atoms with Gasteiger partial charge in [0.05, 0.1) is 0 Å². The number of rotatable bonds is 10. The summed E-state index contributed by atoms with van der Waals surface area (Å²) in [5.41, 5.74) is 2.93. The molecular weight excluding hydrogens is 528 g/mol. The number of carbonyl (C=O) groups excluding carboxylic acids is 2. The smallest absolute Gasteiger partial charge is 0.261 e. The van der Waals surface area contributed by atoms with Crippen LogP contribution in [0.3, 0.4) is 0 Å². The Morgan fingerprint density at radius 2 is 1.59 bits per heavy atom. The zero-order chi connectivity index (χ0) is 26.0. The van der Waals surface area contributed by atoms with E-state index in [0.29, 0.717) is 18.7 Å². The summed E-state index contributed by atoms with van der Waals surface area (Å²) in [6.45, 7) is 2.14. The number of hydrogen-bond acceptors (Lipinski definition) is 3. The highest BCUT2D eigenvalue weighted by Gasteiger charge is 2.32. The fraction of sp³-hybridized carbons (Fsp3) is 0.355. The zero-order valence-corrected chi connectivity index (χ0v) is 23.0. The van der Waals surface area contributed by atoms with E-state index in [4.69, 9.17) is 4.74 Å². The maximum atomic E-state index is 13.8. The maximum Gasteiger partial charge on any atom is 0.261 e. The first-order valence-electron chi connectivity index (χ1n) is 13.1. The number of halogens is 1. The van der Waals surface area contributed by atoms with E-state index in [1.165, 1.54) is 6.42 Å². The van der Waals surface area contributed by atoms with Crippen molar-refractivity contribution in [2.45, 2.75) is 64.1 Å². The minimum Gasteiger partial charge on any atom is -0.484 e. The van der Waals surface area contributed by atoms with E-state index >= 15 is 0 Å². The van der Waals surface area contributed by atoms with Gasteiger partial charge in [0.25, 0.3) is 5.91 Å². The highest BCUT2D eigenvalue weighted by atomic mass is 79.9. The molecule has 1 aliphatic rings. The third kappa shape index (κ3) is 7.93. The van der Waals surface area contributed by atoms with Crippen molar-refractivity contribution >= 4 is 27.7 Å². The number of nitrogens with zero attached hydrogens (tertiary/aromatic N) is 1. The van der Waals surface area contributed by atoms with Gasteiger partial charge in [-0.05, 0) is 54.7 Å². The number of amides is 2. The molecule has 5 nitrogen and oxygen atoms in total. The van der Waals surface area contributed by atoms with Gasteiger partial charge in [0, 0.05) is 23.5 Å². The second-order valence-corrected chi connectivity index (χ2v) is 10.7. The Kier molecular flexibility index (Phi) is 9.78. The van der Waals surface area contributed by atoms with Crippen molar-refractivity contribution in [2.24, 2.45) is 0 Å². The molecular formula is C31H35BrN2O3. The van der Waals surface area contributed by atoms with Gasteiger partial charge in [0.15, 0.2) is 6.61 Å². The molecule has 37 heavy (non-hydrogen) atoms. The molecule has 1 N–H and O–H groups in total. The molecule has 4 rings (SSSR count). The lowest BCUT2D eigenvalue weighted by Crippen LogP contribution is -2.53. The molecule has 0 bridgehead atoms. The summed E-state index contributed by atoms with van der Waals surface area (Å²) < 4.78 is 6.90. The van der Waals surface area contributed by atoms with Crippen LogP contribution in [0.2, 0.25) is 0 Å². The van der Waals surface area contributed by atoms with E-state index in [2.05, 4.69) is 21.2 Å². The van der Waals surface area contributed by atoms with Crippen LogP contribution in [0.25, 0.3) is 0 Å². The summed E-state index contributed by atoms with van der Waals surface area (Å²) in [5, 5.41) is 3.27. The lowest BCUT2D eigenvalue weighted by molar-refractivity contribution is -0.143. The molecule has 0 spiro atoms. The van der Waals surface area contributed by atoms with Crippen LogP contribution < -0.4 is 10.1 Å². The topological polar surface area (TPSA) is 58.6 Å². The number of ether oxygens (including phenoxy) is 1. The quantitative estimate of drug-likeness (QED) is 0.319. The van der Waals surface area contributed by atoms with Crippen LogP contribution in [0, 0.1) is 6.92 Å². The van der Waals surface area contributed by atoms with Crippen molar-refractivity contribution in [3.63, 3.8) is 0 Å². The van der Waals surface area contributed by atoms with Gasteiger partial charge in [-0.1, -0.05) is 95.9 Å².